The van der Waals surface area contributed by atoms with Crippen molar-refractivity contribution in [1.29, 1.82) is 0 Å². The third kappa shape index (κ3) is 1.62. The predicted molar refractivity (Wildman–Crippen MR) is 45.2 cm³/mol. The van der Waals surface area contributed by atoms with E-state index in [-0.39, 0.29) is 5.91 Å². The molecule has 1 aliphatic rings. The Hall–Kier alpha value is -0.790. The Morgan fingerprint density at radius 3 is 2.64 bits per heavy atom. The van der Waals surface area contributed by atoms with Crippen LogP contribution in [0.4, 0.5) is 0 Å². The lowest BCUT2D eigenvalue weighted by atomic mass is 10.1. The lowest BCUT2D eigenvalue weighted by Gasteiger charge is -2.13. The molecular formula is C9H15NO. The van der Waals surface area contributed by atoms with Crippen LogP contribution in [0.5, 0.6) is 0 Å². The average molecular weight is 153 g/mol. The number of hydrogen-bond acceptors (Lipinski definition) is 1. The predicted octanol–water partition coefficient (Wildman–Crippen LogP) is 1.58. The van der Waals surface area contributed by atoms with Gasteiger partial charge < -0.3 is 4.90 Å². The molecule has 2 nitrogen and oxygen atoms in total. The molecule has 1 rings (SSSR count). The second-order valence-electron chi connectivity index (χ2n) is 3.24. The first kappa shape index (κ1) is 8.31. The van der Waals surface area contributed by atoms with Gasteiger partial charge in [0.15, 0.2) is 0 Å². The highest BCUT2D eigenvalue weighted by Crippen LogP contribution is 2.16. The first-order chi connectivity index (χ1) is 5.13. The van der Waals surface area contributed by atoms with Crippen LogP contribution in [0.1, 0.15) is 26.7 Å². The number of allylic oxidation sites excluding steroid dienone is 1. The zero-order valence-electron chi connectivity index (χ0n) is 7.48. The fourth-order valence-corrected chi connectivity index (χ4v) is 1.34. The van der Waals surface area contributed by atoms with E-state index >= 15 is 0 Å². The van der Waals surface area contributed by atoms with Gasteiger partial charge in [-0.15, -0.1) is 0 Å². The van der Waals surface area contributed by atoms with Crippen LogP contribution in [0.15, 0.2) is 11.1 Å². The van der Waals surface area contributed by atoms with Crippen molar-refractivity contribution in [3.63, 3.8) is 0 Å². The largest absolute Gasteiger partial charge is 0.342 e. The van der Waals surface area contributed by atoms with Crippen molar-refractivity contribution in [1.82, 2.24) is 4.90 Å². The Bertz CT molecular complexity index is 206. The molecule has 0 saturated heterocycles. The first-order valence-electron chi connectivity index (χ1n) is 4.04. The van der Waals surface area contributed by atoms with E-state index in [0.717, 1.165) is 25.0 Å². The van der Waals surface area contributed by atoms with E-state index in [4.69, 9.17) is 0 Å². The van der Waals surface area contributed by atoms with Crippen LogP contribution >= 0.6 is 0 Å². The van der Waals surface area contributed by atoms with Gasteiger partial charge in [-0.1, -0.05) is 5.57 Å². The maximum absolute atomic E-state index is 11.4. The van der Waals surface area contributed by atoms with Crippen LogP contribution in [0.25, 0.3) is 0 Å². The van der Waals surface area contributed by atoms with Gasteiger partial charge in [-0.2, -0.15) is 0 Å². The summed E-state index contributed by atoms with van der Waals surface area (Å²) in [7, 11) is 1.87. The molecule has 62 valence electrons. The summed E-state index contributed by atoms with van der Waals surface area (Å²) in [4.78, 5) is 13.2. The van der Waals surface area contributed by atoms with Crippen molar-refractivity contribution in [2.24, 2.45) is 0 Å². The van der Waals surface area contributed by atoms with Gasteiger partial charge in [0.1, 0.15) is 0 Å². The molecule has 0 radical (unpaired) electrons. The minimum atomic E-state index is 0.194. The molecule has 11 heavy (non-hydrogen) atoms. The van der Waals surface area contributed by atoms with Crippen molar-refractivity contribution in [3.05, 3.63) is 11.1 Å². The second-order valence-corrected chi connectivity index (χ2v) is 3.24. The van der Waals surface area contributed by atoms with Gasteiger partial charge in [0, 0.05) is 19.2 Å². The Balaban J connectivity index is 2.87. The minimum absolute atomic E-state index is 0.194. The highest BCUT2D eigenvalue weighted by atomic mass is 16.2. The summed E-state index contributed by atoms with van der Waals surface area (Å²) in [5, 5.41) is 0. The highest BCUT2D eigenvalue weighted by molar-refractivity contribution is 5.93. The van der Waals surface area contributed by atoms with Gasteiger partial charge in [-0.3, -0.25) is 4.79 Å². The molecule has 1 aliphatic heterocycles. The lowest BCUT2D eigenvalue weighted by molar-refractivity contribution is -0.125. The zero-order valence-corrected chi connectivity index (χ0v) is 7.48. The smallest absolute Gasteiger partial charge is 0.249 e. The van der Waals surface area contributed by atoms with Crippen LogP contribution in [0, 0.1) is 0 Å². The number of amides is 1. The second kappa shape index (κ2) is 3.07. The van der Waals surface area contributed by atoms with E-state index in [9.17, 15) is 4.79 Å². The Labute approximate surface area is 67.9 Å². The molecule has 2 heteroatoms. The summed E-state index contributed by atoms with van der Waals surface area (Å²) >= 11 is 0. The maximum Gasteiger partial charge on any atom is 0.249 e. The molecule has 0 saturated carbocycles. The molecule has 0 atom stereocenters. The Morgan fingerprint density at radius 2 is 2.00 bits per heavy atom. The van der Waals surface area contributed by atoms with Crippen LogP contribution < -0.4 is 0 Å². The Morgan fingerprint density at radius 1 is 1.36 bits per heavy atom. The van der Waals surface area contributed by atoms with Gasteiger partial charge in [-0.05, 0) is 26.7 Å². The van der Waals surface area contributed by atoms with Gasteiger partial charge >= 0.3 is 0 Å². The summed E-state index contributed by atoms with van der Waals surface area (Å²) in [5.41, 5.74) is 2.18. The fraction of sp³-hybridized carbons (Fsp3) is 0.667. The molecule has 0 fully saturated rings. The summed E-state index contributed by atoms with van der Waals surface area (Å²) in [6.07, 6.45) is 2.17. The number of carbonyl (C=O) groups is 1. The van der Waals surface area contributed by atoms with Crippen LogP contribution in [-0.4, -0.2) is 24.4 Å². The van der Waals surface area contributed by atoms with Gasteiger partial charge in [0.05, 0.1) is 0 Å². The first-order valence-corrected chi connectivity index (χ1v) is 4.04. The van der Waals surface area contributed by atoms with E-state index in [1.165, 1.54) is 5.57 Å². The summed E-state index contributed by atoms with van der Waals surface area (Å²) in [6.45, 7) is 4.86. The molecule has 1 amide bonds. The normalized spacial score (nSPS) is 20.6. The Kier molecular flexibility index (Phi) is 2.32. The standard InChI is InChI=1S/C9H15NO/c1-7-5-4-6-10(3)9(11)8(7)2/h4-6H2,1-3H3. The van der Waals surface area contributed by atoms with Crippen molar-refractivity contribution >= 4 is 5.91 Å². The number of hydrogen-bond donors (Lipinski definition) is 0. The average Bonchev–Trinajstić information content (AvgIpc) is 2.07. The van der Waals surface area contributed by atoms with Crippen LogP contribution in [0.3, 0.4) is 0 Å². The van der Waals surface area contributed by atoms with Crippen LogP contribution in [0.2, 0.25) is 0 Å². The quantitative estimate of drug-likeness (QED) is 0.517. The molecule has 0 spiro atoms. The van der Waals surface area contributed by atoms with E-state index in [0.29, 0.717) is 0 Å². The van der Waals surface area contributed by atoms with Crippen molar-refractivity contribution in [3.8, 4) is 0 Å². The van der Waals surface area contributed by atoms with Gasteiger partial charge in [0.2, 0.25) is 5.91 Å². The molecule has 0 aromatic rings. The lowest BCUT2D eigenvalue weighted by Crippen LogP contribution is -2.26. The number of nitrogens with zero attached hydrogens (tertiary/aromatic N) is 1. The number of carbonyl (C=O) groups excluding carboxylic acids is 1. The van der Waals surface area contributed by atoms with Gasteiger partial charge in [-0.25, -0.2) is 0 Å². The molecule has 0 N–H and O–H groups in total. The topological polar surface area (TPSA) is 20.3 Å². The zero-order chi connectivity index (χ0) is 8.43. The molecule has 0 unspecified atom stereocenters. The van der Waals surface area contributed by atoms with Gasteiger partial charge in [0.25, 0.3) is 0 Å². The van der Waals surface area contributed by atoms with Crippen molar-refractivity contribution in [2.75, 3.05) is 13.6 Å². The third-order valence-corrected chi connectivity index (χ3v) is 2.35. The van der Waals surface area contributed by atoms with E-state index in [2.05, 4.69) is 0 Å². The molecule has 0 aliphatic carbocycles. The van der Waals surface area contributed by atoms with Crippen LogP contribution in [-0.2, 0) is 4.79 Å². The monoisotopic (exact) mass is 153 g/mol. The summed E-state index contributed by atoms with van der Waals surface area (Å²) < 4.78 is 0. The molecule has 0 bridgehead atoms. The minimum Gasteiger partial charge on any atom is -0.342 e. The van der Waals surface area contributed by atoms with E-state index in [1.54, 1.807) is 4.90 Å². The SMILES string of the molecule is CC1=C(C)C(=O)N(C)CCC1. The van der Waals surface area contributed by atoms with Crippen molar-refractivity contribution in [2.45, 2.75) is 26.7 Å². The highest BCUT2D eigenvalue weighted by Gasteiger charge is 2.15. The van der Waals surface area contributed by atoms with Crippen molar-refractivity contribution < 1.29 is 4.79 Å². The third-order valence-electron chi connectivity index (χ3n) is 2.35. The summed E-state index contributed by atoms with van der Waals surface area (Å²) in [5.74, 6) is 0.194. The van der Waals surface area contributed by atoms with E-state index in [1.807, 2.05) is 20.9 Å². The summed E-state index contributed by atoms with van der Waals surface area (Å²) in [6, 6.07) is 0. The molecule has 0 aromatic heterocycles. The number of rotatable bonds is 0. The fourth-order valence-electron chi connectivity index (χ4n) is 1.34. The van der Waals surface area contributed by atoms with E-state index < -0.39 is 0 Å². The maximum atomic E-state index is 11.4. The molecular weight excluding hydrogens is 138 g/mol. The molecule has 0 aromatic carbocycles. The number of likely N-dealkylation sites (N-methyl/N-ethyl adjacent to an activating group) is 1. The molecule has 1 heterocycles.